The van der Waals surface area contributed by atoms with Gasteiger partial charge in [-0.3, -0.25) is 24.1 Å². The lowest BCUT2D eigenvalue weighted by molar-refractivity contribution is -0.138. The molecule has 8 heteroatoms. The maximum Gasteiger partial charge on any atom is 0.242 e. The summed E-state index contributed by atoms with van der Waals surface area (Å²) in [7, 11) is 0. The Bertz CT molecular complexity index is 470. The highest BCUT2D eigenvalue weighted by Gasteiger charge is 2.38. The highest BCUT2D eigenvalue weighted by molar-refractivity contribution is 8.00. The lowest BCUT2D eigenvalue weighted by Gasteiger charge is -2.15. The number of nitrogens with zero attached hydrogens (tertiary/aromatic N) is 1. The van der Waals surface area contributed by atoms with E-state index in [9.17, 15) is 19.2 Å². The Hall–Kier alpha value is -1.41. The summed E-state index contributed by atoms with van der Waals surface area (Å²) in [5, 5.41) is 2.25. The Balaban J connectivity index is 2.40. The fourth-order valence-corrected chi connectivity index (χ4v) is 3.27. The van der Waals surface area contributed by atoms with E-state index in [1.165, 1.54) is 18.7 Å². The zero-order valence-corrected chi connectivity index (χ0v) is 14.5. The molecule has 0 aliphatic carbocycles. The summed E-state index contributed by atoms with van der Waals surface area (Å²) in [4.78, 5) is 48.0. The van der Waals surface area contributed by atoms with Crippen LogP contribution in [0.4, 0.5) is 0 Å². The van der Waals surface area contributed by atoms with Crippen LogP contribution in [0.1, 0.15) is 39.5 Å². The molecule has 1 fully saturated rings. The number of unbranched alkanes of at least 4 members (excludes halogenated alkanes) is 1. The fraction of sp³-hybridized carbons (Fsp3) is 0.733. The SMILES string of the molecule is CCCCNC(=O)CCN1C(=O)CC(SCC(N)C(C)=O)C1=O. The number of ketones is 1. The molecule has 0 spiro atoms. The van der Waals surface area contributed by atoms with E-state index in [0.29, 0.717) is 12.3 Å². The number of hydrogen-bond acceptors (Lipinski definition) is 6. The third-order valence-corrected chi connectivity index (χ3v) is 4.94. The smallest absolute Gasteiger partial charge is 0.242 e. The predicted octanol–water partition coefficient (Wildman–Crippen LogP) is 0.0698. The molecule has 1 aliphatic heterocycles. The van der Waals surface area contributed by atoms with Crippen molar-refractivity contribution in [3.8, 4) is 0 Å². The highest BCUT2D eigenvalue weighted by atomic mass is 32.2. The Labute approximate surface area is 140 Å². The summed E-state index contributed by atoms with van der Waals surface area (Å²) in [5.74, 6) is -0.560. The first-order chi connectivity index (χ1) is 10.9. The van der Waals surface area contributed by atoms with Crippen LogP contribution in [-0.4, -0.2) is 58.5 Å². The average molecular weight is 343 g/mol. The minimum absolute atomic E-state index is 0.103. The van der Waals surface area contributed by atoms with E-state index in [2.05, 4.69) is 5.32 Å². The first-order valence-electron chi connectivity index (χ1n) is 7.85. The molecule has 0 aromatic carbocycles. The van der Waals surface area contributed by atoms with Crippen LogP contribution in [0, 0.1) is 0 Å². The molecule has 1 rings (SSSR count). The van der Waals surface area contributed by atoms with Gasteiger partial charge in [0, 0.05) is 31.7 Å². The van der Waals surface area contributed by atoms with Crippen molar-refractivity contribution in [2.24, 2.45) is 5.73 Å². The van der Waals surface area contributed by atoms with Crippen LogP contribution in [-0.2, 0) is 19.2 Å². The monoisotopic (exact) mass is 343 g/mol. The summed E-state index contributed by atoms with van der Waals surface area (Å²) >= 11 is 1.23. The number of likely N-dealkylation sites (tertiary alicyclic amines) is 1. The van der Waals surface area contributed by atoms with Crippen molar-refractivity contribution < 1.29 is 19.2 Å². The Kier molecular flexibility index (Phi) is 8.25. The summed E-state index contributed by atoms with van der Waals surface area (Å²) in [6.07, 6.45) is 2.12. The second-order valence-corrected chi connectivity index (χ2v) is 6.82. The number of nitrogens with one attached hydrogen (secondary N) is 1. The summed E-state index contributed by atoms with van der Waals surface area (Å²) in [6, 6.07) is -0.624. The van der Waals surface area contributed by atoms with E-state index in [1.54, 1.807) is 0 Å². The van der Waals surface area contributed by atoms with Gasteiger partial charge in [-0.1, -0.05) is 13.3 Å². The number of imide groups is 1. The van der Waals surface area contributed by atoms with E-state index < -0.39 is 11.3 Å². The van der Waals surface area contributed by atoms with Crippen LogP contribution in [0.2, 0.25) is 0 Å². The van der Waals surface area contributed by atoms with Gasteiger partial charge in [0.25, 0.3) is 0 Å². The maximum atomic E-state index is 12.2. The van der Waals surface area contributed by atoms with E-state index in [-0.39, 0.29) is 42.9 Å². The predicted molar refractivity (Wildman–Crippen MR) is 88.8 cm³/mol. The molecule has 0 aromatic rings. The minimum Gasteiger partial charge on any atom is -0.356 e. The Morgan fingerprint density at radius 3 is 2.74 bits per heavy atom. The summed E-state index contributed by atoms with van der Waals surface area (Å²) < 4.78 is 0. The quantitative estimate of drug-likeness (QED) is 0.429. The largest absolute Gasteiger partial charge is 0.356 e. The molecule has 1 aliphatic rings. The molecule has 2 unspecified atom stereocenters. The first kappa shape index (κ1) is 19.6. The van der Waals surface area contributed by atoms with Crippen LogP contribution in [0.25, 0.3) is 0 Å². The standard InChI is InChI=1S/C15H25N3O4S/c1-3-4-6-17-13(20)5-7-18-14(21)8-12(15(18)22)23-9-11(16)10(2)19/h11-12H,3-9,16H2,1-2H3,(H,17,20). The molecule has 0 saturated carbocycles. The number of carbonyl (C=O) groups is 4. The Morgan fingerprint density at radius 1 is 1.43 bits per heavy atom. The molecule has 7 nitrogen and oxygen atoms in total. The number of Topliss-reactive ketones (excluding diaryl/α,β-unsaturated/α-hetero) is 1. The van der Waals surface area contributed by atoms with Crippen molar-refractivity contribution in [2.45, 2.75) is 50.8 Å². The Morgan fingerprint density at radius 2 is 2.13 bits per heavy atom. The van der Waals surface area contributed by atoms with E-state index in [4.69, 9.17) is 5.73 Å². The third-order valence-electron chi connectivity index (χ3n) is 3.62. The zero-order valence-electron chi connectivity index (χ0n) is 13.7. The van der Waals surface area contributed by atoms with Gasteiger partial charge in [-0.25, -0.2) is 0 Å². The van der Waals surface area contributed by atoms with E-state index in [1.807, 2.05) is 6.92 Å². The fourth-order valence-electron chi connectivity index (χ4n) is 2.06. The zero-order chi connectivity index (χ0) is 17.4. The molecule has 2 atom stereocenters. The van der Waals surface area contributed by atoms with Gasteiger partial charge in [0.05, 0.1) is 11.3 Å². The third kappa shape index (κ3) is 6.31. The number of amides is 3. The minimum atomic E-state index is -0.624. The molecule has 3 N–H and O–H groups in total. The van der Waals surface area contributed by atoms with Crippen molar-refractivity contribution in [1.82, 2.24) is 10.2 Å². The number of rotatable bonds is 10. The molecule has 0 radical (unpaired) electrons. The second-order valence-electron chi connectivity index (χ2n) is 5.58. The average Bonchev–Trinajstić information content (AvgIpc) is 2.77. The molecule has 0 aromatic heterocycles. The lowest BCUT2D eigenvalue weighted by Crippen LogP contribution is -2.36. The number of hydrogen-bond donors (Lipinski definition) is 2. The van der Waals surface area contributed by atoms with Crippen LogP contribution < -0.4 is 11.1 Å². The lowest BCUT2D eigenvalue weighted by atomic mass is 10.3. The van der Waals surface area contributed by atoms with Crippen LogP contribution in [0.15, 0.2) is 0 Å². The van der Waals surface area contributed by atoms with Gasteiger partial charge in [0.15, 0.2) is 0 Å². The summed E-state index contributed by atoms with van der Waals surface area (Å²) in [5.41, 5.74) is 5.63. The number of nitrogens with two attached hydrogens (primary N) is 1. The van der Waals surface area contributed by atoms with Crippen LogP contribution in [0.5, 0.6) is 0 Å². The van der Waals surface area contributed by atoms with Gasteiger partial charge < -0.3 is 11.1 Å². The summed E-state index contributed by atoms with van der Waals surface area (Å²) in [6.45, 7) is 4.14. The van der Waals surface area contributed by atoms with Crippen LogP contribution >= 0.6 is 11.8 Å². The topological polar surface area (TPSA) is 110 Å². The van der Waals surface area contributed by atoms with Crippen molar-refractivity contribution in [1.29, 1.82) is 0 Å². The molecular weight excluding hydrogens is 318 g/mol. The molecule has 1 saturated heterocycles. The van der Waals surface area contributed by atoms with Gasteiger partial charge in [-0.15, -0.1) is 11.8 Å². The van der Waals surface area contributed by atoms with Gasteiger partial charge >= 0.3 is 0 Å². The van der Waals surface area contributed by atoms with Crippen molar-refractivity contribution in [3.63, 3.8) is 0 Å². The molecule has 3 amide bonds. The molecule has 1 heterocycles. The second kappa shape index (κ2) is 9.67. The van der Waals surface area contributed by atoms with Crippen molar-refractivity contribution in [2.75, 3.05) is 18.8 Å². The molecule has 130 valence electrons. The van der Waals surface area contributed by atoms with E-state index >= 15 is 0 Å². The van der Waals surface area contributed by atoms with Crippen LogP contribution in [0.3, 0.4) is 0 Å². The van der Waals surface area contributed by atoms with Crippen molar-refractivity contribution >= 4 is 35.3 Å². The van der Waals surface area contributed by atoms with E-state index in [0.717, 1.165) is 17.7 Å². The van der Waals surface area contributed by atoms with Gasteiger partial charge in [0.2, 0.25) is 17.7 Å². The maximum absolute atomic E-state index is 12.2. The molecule has 23 heavy (non-hydrogen) atoms. The van der Waals surface area contributed by atoms with Gasteiger partial charge in [0.1, 0.15) is 5.78 Å². The molecule has 0 bridgehead atoms. The van der Waals surface area contributed by atoms with Gasteiger partial charge in [-0.05, 0) is 13.3 Å². The first-order valence-corrected chi connectivity index (χ1v) is 8.90. The number of thioether (sulfide) groups is 1. The number of carbonyl (C=O) groups excluding carboxylic acids is 4. The van der Waals surface area contributed by atoms with Gasteiger partial charge in [-0.2, -0.15) is 0 Å². The van der Waals surface area contributed by atoms with Crippen molar-refractivity contribution in [3.05, 3.63) is 0 Å². The molecular formula is C15H25N3O4S. The highest BCUT2D eigenvalue weighted by Crippen LogP contribution is 2.25. The normalized spacial score (nSPS) is 19.1.